The zero-order valence-corrected chi connectivity index (χ0v) is 25.8. The van der Waals surface area contributed by atoms with Crippen LogP contribution >= 0.6 is 0 Å². The fourth-order valence-corrected chi connectivity index (χ4v) is 5.70. The Labute approximate surface area is 253 Å². The number of carbonyl (C=O) groups is 1. The van der Waals surface area contributed by atoms with Crippen LogP contribution in [0.3, 0.4) is 0 Å². The summed E-state index contributed by atoms with van der Waals surface area (Å²) in [5.41, 5.74) is 6.86. The second kappa shape index (κ2) is 10.7. The molecule has 230 valence electrons. The summed E-state index contributed by atoms with van der Waals surface area (Å²) in [6, 6.07) is 17.4. The van der Waals surface area contributed by atoms with E-state index in [0.717, 1.165) is 52.0 Å². The van der Waals surface area contributed by atoms with E-state index in [1.165, 1.54) is 0 Å². The Hall–Kier alpha value is -3.41. The summed E-state index contributed by atoms with van der Waals surface area (Å²) in [4.78, 5) is 28.1. The van der Waals surface area contributed by atoms with Crippen LogP contribution in [-0.2, 0) is 31.2 Å². The van der Waals surface area contributed by atoms with Gasteiger partial charge >= 0.3 is 5.97 Å². The molecule has 4 N–H and O–H groups in total. The lowest BCUT2D eigenvalue weighted by Crippen LogP contribution is -2.36. The average molecular weight is 575 g/mol. The van der Waals surface area contributed by atoms with E-state index in [9.17, 15) is 4.79 Å². The number of carbonyl (C=O) groups excluding carboxylic acids is 1. The summed E-state index contributed by atoms with van der Waals surface area (Å²) in [5.74, 6) is -0.178. The molecule has 0 spiro atoms. The molecule has 0 saturated heterocycles. The first-order valence-corrected chi connectivity index (χ1v) is 14.5. The summed E-state index contributed by atoms with van der Waals surface area (Å²) in [6.07, 6.45) is 0.720. The van der Waals surface area contributed by atoms with Crippen LogP contribution in [0.1, 0.15) is 136 Å². The SMILES string of the molecule is C.C.CCC(C)(C)C(=O)OCC1(C)c2ccc([nH]2)C(C)(C)c2ccc([nH]2)C(C)(C)c2ccc([nH]2)C(C)(C)c2ccc1[nH]2. The minimum Gasteiger partial charge on any atom is -0.464 e. The Morgan fingerprint density at radius 1 is 0.595 bits per heavy atom. The van der Waals surface area contributed by atoms with Gasteiger partial charge < -0.3 is 24.7 Å². The smallest absolute Gasteiger partial charge is 0.311 e. The van der Waals surface area contributed by atoms with Crippen molar-refractivity contribution in [2.45, 2.75) is 112 Å². The monoisotopic (exact) mass is 574 g/mol. The van der Waals surface area contributed by atoms with Gasteiger partial charge in [-0.25, -0.2) is 0 Å². The van der Waals surface area contributed by atoms with Gasteiger partial charge in [0.05, 0.1) is 10.8 Å². The number of esters is 1. The van der Waals surface area contributed by atoms with Crippen molar-refractivity contribution in [3.8, 4) is 0 Å². The highest BCUT2D eigenvalue weighted by Gasteiger charge is 2.40. The van der Waals surface area contributed by atoms with E-state index in [-0.39, 0.29) is 43.7 Å². The van der Waals surface area contributed by atoms with Gasteiger partial charge in [0.15, 0.2) is 0 Å². The fourth-order valence-electron chi connectivity index (χ4n) is 5.70. The highest BCUT2D eigenvalue weighted by Crippen LogP contribution is 2.41. The number of aromatic amines is 4. The molecular formula is C36H54N4O2. The highest BCUT2D eigenvalue weighted by molar-refractivity contribution is 5.76. The normalized spacial score (nSPS) is 18.0. The van der Waals surface area contributed by atoms with Crippen LogP contribution in [0.4, 0.5) is 0 Å². The zero-order valence-electron chi connectivity index (χ0n) is 25.8. The predicted molar refractivity (Wildman–Crippen MR) is 175 cm³/mol. The lowest BCUT2D eigenvalue weighted by atomic mass is 9.84. The van der Waals surface area contributed by atoms with Crippen molar-refractivity contribution < 1.29 is 9.53 Å². The number of rotatable bonds is 4. The molecule has 4 aromatic heterocycles. The molecule has 1 aliphatic heterocycles. The molecule has 0 aromatic carbocycles. The van der Waals surface area contributed by atoms with Crippen LogP contribution in [0, 0.1) is 5.41 Å². The van der Waals surface area contributed by atoms with Gasteiger partial charge in [0.25, 0.3) is 0 Å². The van der Waals surface area contributed by atoms with Crippen LogP contribution < -0.4 is 0 Å². The number of hydrogen-bond acceptors (Lipinski definition) is 2. The molecule has 0 atom stereocenters. The molecule has 0 amide bonds. The first kappa shape index (κ1) is 33.1. The van der Waals surface area contributed by atoms with Crippen LogP contribution in [-0.4, -0.2) is 32.5 Å². The van der Waals surface area contributed by atoms with Crippen molar-refractivity contribution >= 4 is 5.97 Å². The van der Waals surface area contributed by atoms with Crippen LogP contribution in [0.25, 0.3) is 0 Å². The predicted octanol–water partition coefficient (Wildman–Crippen LogP) is 8.85. The molecule has 8 bridgehead atoms. The third kappa shape index (κ3) is 5.07. The molecule has 1 aliphatic rings. The molecule has 6 heteroatoms. The maximum absolute atomic E-state index is 13.1. The topological polar surface area (TPSA) is 89.5 Å². The Bertz CT molecular complexity index is 1440. The molecule has 4 aromatic rings. The van der Waals surface area contributed by atoms with Crippen molar-refractivity contribution in [2.75, 3.05) is 6.61 Å². The minimum absolute atomic E-state index is 0. The zero-order chi connectivity index (χ0) is 29.3. The van der Waals surface area contributed by atoms with Gasteiger partial charge in [-0.15, -0.1) is 0 Å². The van der Waals surface area contributed by atoms with Crippen LogP contribution in [0.15, 0.2) is 48.5 Å². The number of hydrogen-bond donors (Lipinski definition) is 4. The number of ether oxygens (including phenoxy) is 1. The minimum atomic E-state index is -0.608. The standard InChI is InChI=1S/C34H46N4O2.2CH4/c1-11-30(2,3)29(39)40-20-34(10)27-18-16-25(37-27)32(6,7)23-14-12-21(35-23)31(4,5)22-13-15-24(36-22)33(8,9)26-17-19-28(34)38-26;;/h12-19,35-38H,11,20H2,1-10H3;2*1H4. The average Bonchev–Trinajstić information content (AvgIpc) is 3.71. The first-order valence-electron chi connectivity index (χ1n) is 14.5. The number of aromatic nitrogens is 4. The van der Waals surface area contributed by atoms with Crippen molar-refractivity contribution in [1.82, 2.24) is 19.9 Å². The molecule has 42 heavy (non-hydrogen) atoms. The fraction of sp³-hybridized carbons (Fsp3) is 0.528. The molecule has 0 radical (unpaired) electrons. The third-order valence-corrected chi connectivity index (χ3v) is 9.90. The molecule has 0 saturated carbocycles. The first-order chi connectivity index (χ1) is 18.5. The molecule has 6 nitrogen and oxygen atoms in total. The Morgan fingerprint density at radius 3 is 1.14 bits per heavy atom. The number of fused-ring (bicyclic) bond motifs is 8. The largest absolute Gasteiger partial charge is 0.464 e. The van der Waals surface area contributed by atoms with Crippen molar-refractivity contribution in [2.24, 2.45) is 5.41 Å². The lowest BCUT2D eigenvalue weighted by Gasteiger charge is -2.31. The van der Waals surface area contributed by atoms with E-state index >= 15 is 0 Å². The lowest BCUT2D eigenvalue weighted by molar-refractivity contribution is -0.155. The van der Waals surface area contributed by atoms with E-state index in [0.29, 0.717) is 0 Å². The van der Waals surface area contributed by atoms with E-state index in [1.54, 1.807) is 0 Å². The van der Waals surface area contributed by atoms with Gasteiger partial charge in [-0.1, -0.05) is 21.8 Å². The highest BCUT2D eigenvalue weighted by atomic mass is 16.5. The van der Waals surface area contributed by atoms with Gasteiger partial charge in [0.1, 0.15) is 6.61 Å². The molecule has 0 aliphatic carbocycles. The van der Waals surface area contributed by atoms with Gasteiger partial charge in [-0.05, 0) is 117 Å². The maximum Gasteiger partial charge on any atom is 0.311 e. The maximum atomic E-state index is 13.1. The summed E-state index contributed by atoms with van der Waals surface area (Å²) < 4.78 is 6.06. The van der Waals surface area contributed by atoms with Crippen LogP contribution in [0.2, 0.25) is 0 Å². The Balaban J connectivity index is 0.00000242. The van der Waals surface area contributed by atoms with Crippen molar-refractivity contribution in [3.05, 3.63) is 94.1 Å². The molecule has 5 rings (SSSR count). The summed E-state index contributed by atoms with van der Waals surface area (Å²) in [5, 5.41) is 0. The second-order valence-corrected chi connectivity index (χ2v) is 14.2. The Kier molecular flexibility index (Phi) is 8.43. The van der Waals surface area contributed by atoms with Crippen molar-refractivity contribution in [3.63, 3.8) is 0 Å². The number of nitrogens with one attached hydrogen (secondary N) is 4. The summed E-state index contributed by atoms with van der Waals surface area (Å²) in [7, 11) is 0. The van der Waals surface area contributed by atoms with Crippen LogP contribution in [0.5, 0.6) is 0 Å². The van der Waals surface area contributed by atoms with Gasteiger partial charge in [0, 0.05) is 61.8 Å². The summed E-state index contributed by atoms with van der Waals surface area (Å²) >= 11 is 0. The second-order valence-electron chi connectivity index (χ2n) is 14.2. The third-order valence-electron chi connectivity index (χ3n) is 9.90. The Morgan fingerprint density at radius 2 is 0.857 bits per heavy atom. The molecular weight excluding hydrogens is 520 g/mol. The molecule has 0 fully saturated rings. The molecule has 0 unspecified atom stereocenters. The van der Waals surface area contributed by atoms with Gasteiger partial charge in [-0.2, -0.15) is 0 Å². The van der Waals surface area contributed by atoms with Gasteiger partial charge in [0.2, 0.25) is 0 Å². The van der Waals surface area contributed by atoms with Gasteiger partial charge in [-0.3, -0.25) is 4.79 Å². The van der Waals surface area contributed by atoms with Crippen molar-refractivity contribution in [1.29, 1.82) is 0 Å². The van der Waals surface area contributed by atoms with E-state index in [1.807, 2.05) is 20.8 Å². The molecule has 5 heterocycles. The number of H-pyrrole nitrogens is 4. The van der Waals surface area contributed by atoms with E-state index < -0.39 is 10.8 Å². The van der Waals surface area contributed by atoms with E-state index in [4.69, 9.17) is 4.74 Å². The summed E-state index contributed by atoms with van der Waals surface area (Å²) in [6.45, 7) is 21.7. The quantitative estimate of drug-likeness (QED) is 0.183. The van der Waals surface area contributed by atoms with E-state index in [2.05, 4.69) is 117 Å².